The second kappa shape index (κ2) is 7.49. The zero-order valence-corrected chi connectivity index (χ0v) is 15.1. The average Bonchev–Trinajstić information content (AvgIpc) is 3.11. The third-order valence-electron chi connectivity index (χ3n) is 3.42. The zero-order valence-electron chi connectivity index (χ0n) is 13.5. The number of aromatic nitrogens is 1. The minimum absolute atomic E-state index is 0.202. The largest absolute Gasteiger partial charge is 0.501 e. The number of nitrogens with zero attached hydrogens (tertiary/aromatic N) is 2. The van der Waals surface area contributed by atoms with Crippen molar-refractivity contribution in [3.05, 3.63) is 65.5 Å². The minimum Gasteiger partial charge on any atom is -0.253 e. The lowest BCUT2D eigenvalue weighted by atomic mass is 10.2. The number of anilines is 1. The number of hydrazone groups is 1. The fourth-order valence-corrected chi connectivity index (χ4v) is 3.61. The lowest BCUT2D eigenvalue weighted by Gasteiger charge is -2.08. The molecule has 3 rings (SSSR count). The van der Waals surface area contributed by atoms with Crippen molar-refractivity contribution in [2.45, 2.75) is 10.4 Å². The molecule has 10 heteroatoms. The molecule has 0 aliphatic carbocycles. The van der Waals surface area contributed by atoms with Crippen LogP contribution in [0.2, 0.25) is 0 Å². The van der Waals surface area contributed by atoms with Crippen LogP contribution >= 0.6 is 11.3 Å². The maximum Gasteiger partial charge on any atom is 0.501 e. The standard InChI is InChI=1S/C17H12F3N3O2S2/c18-17(19,20)27(24,25)14-8-4-5-12(9-14)10-21-23-16-22-15(11-26-16)13-6-2-1-3-7-13/h1-11H,(H,22,23). The van der Waals surface area contributed by atoms with Crippen LogP contribution in [0.4, 0.5) is 18.3 Å². The van der Waals surface area contributed by atoms with Crippen molar-refractivity contribution in [1.29, 1.82) is 0 Å². The van der Waals surface area contributed by atoms with Crippen molar-refractivity contribution in [3.63, 3.8) is 0 Å². The summed E-state index contributed by atoms with van der Waals surface area (Å²) in [5, 5.41) is 6.23. The Hall–Kier alpha value is -2.72. The predicted octanol–water partition coefficient (Wildman–Crippen LogP) is 4.55. The monoisotopic (exact) mass is 411 g/mol. The highest BCUT2D eigenvalue weighted by atomic mass is 32.2. The predicted molar refractivity (Wildman–Crippen MR) is 98.4 cm³/mol. The first-order chi connectivity index (χ1) is 12.8. The van der Waals surface area contributed by atoms with E-state index in [4.69, 9.17) is 0 Å². The number of nitrogens with one attached hydrogen (secondary N) is 1. The molecule has 0 unspecified atom stereocenters. The van der Waals surface area contributed by atoms with E-state index in [1.165, 1.54) is 29.7 Å². The molecule has 0 aliphatic heterocycles. The molecule has 1 aromatic heterocycles. The van der Waals surface area contributed by atoms with Gasteiger partial charge in [-0.15, -0.1) is 11.3 Å². The summed E-state index contributed by atoms with van der Waals surface area (Å²) in [5.41, 5.74) is -0.772. The van der Waals surface area contributed by atoms with Crippen LogP contribution in [0.3, 0.4) is 0 Å². The summed E-state index contributed by atoms with van der Waals surface area (Å²) in [4.78, 5) is 3.52. The number of benzene rings is 2. The summed E-state index contributed by atoms with van der Waals surface area (Å²) in [5.74, 6) is 0. The highest BCUT2D eigenvalue weighted by Gasteiger charge is 2.46. The first-order valence-electron chi connectivity index (χ1n) is 7.49. The third kappa shape index (κ3) is 4.34. The zero-order chi connectivity index (χ0) is 19.5. The minimum atomic E-state index is -5.40. The fraction of sp³-hybridized carbons (Fsp3) is 0.0588. The van der Waals surface area contributed by atoms with Crippen molar-refractivity contribution in [2.75, 3.05) is 5.43 Å². The quantitative estimate of drug-likeness (QED) is 0.494. The summed E-state index contributed by atoms with van der Waals surface area (Å²) in [6.45, 7) is 0. The Morgan fingerprint density at radius 2 is 1.81 bits per heavy atom. The molecule has 1 N–H and O–H groups in total. The van der Waals surface area contributed by atoms with E-state index in [2.05, 4.69) is 15.5 Å². The highest BCUT2D eigenvalue weighted by molar-refractivity contribution is 7.92. The Morgan fingerprint density at radius 3 is 2.52 bits per heavy atom. The second-order valence-corrected chi connectivity index (χ2v) is 8.09. The lowest BCUT2D eigenvalue weighted by Crippen LogP contribution is -2.23. The molecular weight excluding hydrogens is 399 g/mol. The first-order valence-corrected chi connectivity index (χ1v) is 9.85. The molecular formula is C17H12F3N3O2S2. The Balaban J connectivity index is 1.73. The maximum atomic E-state index is 12.6. The number of halogens is 3. The molecule has 3 aromatic rings. The number of alkyl halides is 3. The number of hydrogen-bond donors (Lipinski definition) is 1. The molecule has 0 saturated heterocycles. The summed E-state index contributed by atoms with van der Waals surface area (Å²) < 4.78 is 60.8. The van der Waals surface area contributed by atoms with Crippen LogP contribution in [0.15, 0.2) is 70.0 Å². The van der Waals surface area contributed by atoms with E-state index in [0.29, 0.717) is 5.13 Å². The summed E-state index contributed by atoms with van der Waals surface area (Å²) >= 11 is 1.31. The maximum absolute atomic E-state index is 12.6. The van der Waals surface area contributed by atoms with Gasteiger partial charge in [0.15, 0.2) is 0 Å². The molecule has 0 spiro atoms. The summed E-state index contributed by atoms with van der Waals surface area (Å²) in [6, 6.07) is 14.0. The molecule has 0 amide bonds. The van der Waals surface area contributed by atoms with Crippen LogP contribution in [0.1, 0.15) is 5.56 Å². The smallest absolute Gasteiger partial charge is 0.253 e. The normalized spacial score (nSPS) is 12.4. The molecule has 0 saturated carbocycles. The van der Waals surface area contributed by atoms with Crippen molar-refractivity contribution >= 4 is 32.5 Å². The molecule has 0 atom stereocenters. The molecule has 0 radical (unpaired) electrons. The molecule has 0 fully saturated rings. The van der Waals surface area contributed by atoms with Gasteiger partial charge in [-0.3, -0.25) is 5.43 Å². The Morgan fingerprint density at radius 1 is 1.07 bits per heavy atom. The van der Waals surface area contributed by atoms with Gasteiger partial charge in [-0.25, -0.2) is 13.4 Å². The van der Waals surface area contributed by atoms with E-state index in [1.54, 1.807) is 0 Å². The number of hydrogen-bond acceptors (Lipinski definition) is 6. The van der Waals surface area contributed by atoms with Gasteiger partial charge >= 0.3 is 5.51 Å². The van der Waals surface area contributed by atoms with Gasteiger partial charge in [-0.2, -0.15) is 18.3 Å². The fourth-order valence-electron chi connectivity index (χ4n) is 2.12. The molecule has 0 bridgehead atoms. The van der Waals surface area contributed by atoms with Crippen molar-refractivity contribution in [3.8, 4) is 11.3 Å². The van der Waals surface area contributed by atoms with E-state index in [1.807, 2.05) is 35.7 Å². The Labute approximate surface area is 157 Å². The van der Waals surface area contributed by atoms with Gasteiger partial charge in [0.2, 0.25) is 5.13 Å². The van der Waals surface area contributed by atoms with E-state index in [9.17, 15) is 21.6 Å². The molecule has 5 nitrogen and oxygen atoms in total. The van der Waals surface area contributed by atoms with Gasteiger partial charge in [-0.1, -0.05) is 42.5 Å². The van der Waals surface area contributed by atoms with Gasteiger partial charge in [0.05, 0.1) is 16.8 Å². The average molecular weight is 411 g/mol. The van der Waals surface area contributed by atoms with Gasteiger partial charge < -0.3 is 0 Å². The molecule has 1 heterocycles. The number of rotatable bonds is 5. The molecule has 2 aromatic carbocycles. The Bertz CT molecular complexity index is 1060. The van der Waals surface area contributed by atoms with Crippen LogP contribution in [0, 0.1) is 0 Å². The van der Waals surface area contributed by atoms with Crippen LogP contribution in [-0.2, 0) is 9.84 Å². The summed E-state index contributed by atoms with van der Waals surface area (Å²) in [7, 11) is -5.40. The third-order valence-corrected chi connectivity index (χ3v) is 5.65. The SMILES string of the molecule is O=S(=O)(c1cccc(C=NNc2nc(-c3ccccc3)cs2)c1)C(F)(F)F. The molecule has 27 heavy (non-hydrogen) atoms. The van der Waals surface area contributed by atoms with Gasteiger partial charge in [0.25, 0.3) is 9.84 Å². The van der Waals surface area contributed by atoms with Gasteiger partial charge in [-0.05, 0) is 17.7 Å². The van der Waals surface area contributed by atoms with Crippen molar-refractivity contribution in [2.24, 2.45) is 5.10 Å². The lowest BCUT2D eigenvalue weighted by molar-refractivity contribution is -0.0436. The topological polar surface area (TPSA) is 71.4 Å². The van der Waals surface area contributed by atoms with Crippen LogP contribution in [0.25, 0.3) is 11.3 Å². The molecule has 140 valence electrons. The van der Waals surface area contributed by atoms with E-state index in [-0.39, 0.29) is 5.56 Å². The highest BCUT2D eigenvalue weighted by Crippen LogP contribution is 2.30. The van der Waals surface area contributed by atoms with E-state index < -0.39 is 20.2 Å². The van der Waals surface area contributed by atoms with Crippen molar-refractivity contribution in [1.82, 2.24) is 4.98 Å². The van der Waals surface area contributed by atoms with E-state index >= 15 is 0 Å². The second-order valence-electron chi connectivity index (χ2n) is 5.30. The van der Waals surface area contributed by atoms with Crippen molar-refractivity contribution < 1.29 is 21.6 Å². The number of thiazole rings is 1. The van der Waals surface area contributed by atoms with Crippen LogP contribution < -0.4 is 5.43 Å². The molecule has 0 aliphatic rings. The van der Waals surface area contributed by atoms with Gasteiger partial charge in [0, 0.05) is 10.9 Å². The summed E-state index contributed by atoms with van der Waals surface area (Å²) in [6.07, 6.45) is 1.22. The van der Waals surface area contributed by atoms with E-state index in [0.717, 1.165) is 23.4 Å². The van der Waals surface area contributed by atoms with Gasteiger partial charge in [0.1, 0.15) is 0 Å². The Kier molecular flexibility index (Phi) is 5.29. The first kappa shape index (κ1) is 19.1. The number of sulfone groups is 1. The van der Waals surface area contributed by atoms with Crippen LogP contribution in [-0.4, -0.2) is 25.1 Å². The van der Waals surface area contributed by atoms with Crippen LogP contribution in [0.5, 0.6) is 0 Å².